The van der Waals surface area contributed by atoms with Gasteiger partial charge in [-0.25, -0.2) is 4.98 Å². The summed E-state index contributed by atoms with van der Waals surface area (Å²) in [4.78, 5) is 21.6. The maximum absolute atomic E-state index is 12.8. The molecule has 0 saturated heterocycles. The Kier molecular flexibility index (Phi) is 4.36. The molecule has 148 valence electrons. The molecule has 1 aliphatic heterocycles. The van der Waals surface area contributed by atoms with Crippen LogP contribution in [0, 0.1) is 0 Å². The quantitative estimate of drug-likeness (QED) is 0.478. The lowest BCUT2D eigenvalue weighted by atomic mass is 10.2. The van der Waals surface area contributed by atoms with Crippen molar-refractivity contribution in [1.82, 2.24) is 24.1 Å². The highest BCUT2D eigenvalue weighted by molar-refractivity contribution is 5.79. The summed E-state index contributed by atoms with van der Waals surface area (Å²) in [7, 11) is 1.65. The van der Waals surface area contributed by atoms with Crippen molar-refractivity contribution in [3.05, 3.63) is 47.0 Å². The Morgan fingerprint density at radius 3 is 2.90 bits per heavy atom. The zero-order valence-electron chi connectivity index (χ0n) is 15.9. The Labute approximate surface area is 165 Å². The first-order valence-corrected chi connectivity index (χ1v) is 9.38. The van der Waals surface area contributed by atoms with Crippen LogP contribution in [0.25, 0.3) is 28.1 Å². The number of nitrogens with zero attached hydrogens (tertiary/aromatic N) is 5. The van der Waals surface area contributed by atoms with E-state index in [1.54, 1.807) is 28.6 Å². The first kappa shape index (κ1) is 17.6. The summed E-state index contributed by atoms with van der Waals surface area (Å²) < 4.78 is 19.5. The van der Waals surface area contributed by atoms with Crippen molar-refractivity contribution in [2.45, 2.75) is 13.0 Å². The van der Waals surface area contributed by atoms with Crippen molar-refractivity contribution in [3.8, 4) is 22.9 Å². The summed E-state index contributed by atoms with van der Waals surface area (Å²) in [5.74, 6) is 2.32. The molecule has 5 rings (SSSR count). The summed E-state index contributed by atoms with van der Waals surface area (Å²) in [5, 5.41) is 5.08. The topological polar surface area (TPSA) is 92.8 Å². The van der Waals surface area contributed by atoms with Gasteiger partial charge in [0, 0.05) is 38.2 Å². The second-order valence-electron chi connectivity index (χ2n) is 6.72. The molecular formula is C20H19N5O4. The van der Waals surface area contributed by atoms with Gasteiger partial charge < -0.3 is 18.8 Å². The molecule has 9 nitrogen and oxygen atoms in total. The predicted molar refractivity (Wildman–Crippen MR) is 105 cm³/mol. The van der Waals surface area contributed by atoms with Crippen LogP contribution in [0.4, 0.5) is 0 Å². The van der Waals surface area contributed by atoms with Crippen molar-refractivity contribution in [1.29, 1.82) is 0 Å². The lowest BCUT2D eigenvalue weighted by Crippen LogP contribution is -2.21. The first-order chi connectivity index (χ1) is 14.2. The average Bonchev–Trinajstić information content (AvgIpc) is 3.20. The van der Waals surface area contributed by atoms with Gasteiger partial charge in [0.25, 0.3) is 11.3 Å². The Morgan fingerprint density at radius 2 is 2.03 bits per heavy atom. The van der Waals surface area contributed by atoms with Crippen LogP contribution in [0.1, 0.15) is 6.42 Å². The fourth-order valence-electron chi connectivity index (χ4n) is 3.42. The van der Waals surface area contributed by atoms with E-state index in [-0.39, 0.29) is 5.56 Å². The highest BCUT2D eigenvalue weighted by Gasteiger charge is 2.16. The lowest BCUT2D eigenvalue weighted by Gasteiger charge is -2.18. The van der Waals surface area contributed by atoms with Gasteiger partial charge in [-0.2, -0.15) is 9.50 Å². The lowest BCUT2D eigenvalue weighted by molar-refractivity contribution is 0.171. The fourth-order valence-corrected chi connectivity index (χ4v) is 3.42. The molecule has 0 amide bonds. The van der Waals surface area contributed by atoms with Gasteiger partial charge in [-0.1, -0.05) is 0 Å². The minimum atomic E-state index is -0.107. The molecule has 9 heteroatoms. The molecule has 0 fully saturated rings. The number of ether oxygens (including phenoxy) is 3. The molecule has 0 N–H and O–H groups in total. The third-order valence-corrected chi connectivity index (χ3v) is 4.85. The SMILES string of the molecule is COCCCn1ccc2c(cnc3nc(-c4ccc5c(c4)OCCO5)nn32)c1=O. The summed E-state index contributed by atoms with van der Waals surface area (Å²) in [6.07, 6.45) is 4.09. The maximum Gasteiger partial charge on any atom is 0.261 e. The molecule has 0 unspecified atom stereocenters. The number of hydrogen-bond acceptors (Lipinski definition) is 7. The molecule has 0 radical (unpaired) electrons. The van der Waals surface area contributed by atoms with Crippen molar-refractivity contribution < 1.29 is 14.2 Å². The highest BCUT2D eigenvalue weighted by atomic mass is 16.6. The van der Waals surface area contributed by atoms with E-state index in [0.29, 0.717) is 60.4 Å². The van der Waals surface area contributed by atoms with E-state index in [4.69, 9.17) is 14.2 Å². The number of hydrogen-bond donors (Lipinski definition) is 0. The van der Waals surface area contributed by atoms with Crippen molar-refractivity contribution in [2.75, 3.05) is 26.9 Å². The van der Waals surface area contributed by atoms with Gasteiger partial charge >= 0.3 is 0 Å². The number of pyridine rings is 1. The molecule has 1 aromatic carbocycles. The number of benzene rings is 1. The molecule has 29 heavy (non-hydrogen) atoms. The Morgan fingerprint density at radius 1 is 1.17 bits per heavy atom. The van der Waals surface area contributed by atoms with Crippen LogP contribution in [0.3, 0.4) is 0 Å². The maximum atomic E-state index is 12.8. The minimum Gasteiger partial charge on any atom is -0.486 e. The van der Waals surface area contributed by atoms with E-state index in [1.165, 1.54) is 0 Å². The van der Waals surface area contributed by atoms with E-state index in [9.17, 15) is 4.79 Å². The van der Waals surface area contributed by atoms with Crippen LogP contribution in [0.2, 0.25) is 0 Å². The third-order valence-electron chi connectivity index (χ3n) is 4.85. The van der Waals surface area contributed by atoms with Crippen LogP contribution in [-0.4, -0.2) is 51.1 Å². The van der Waals surface area contributed by atoms with Gasteiger partial charge in [0.15, 0.2) is 17.3 Å². The van der Waals surface area contributed by atoms with Crippen LogP contribution in [0.15, 0.2) is 41.5 Å². The van der Waals surface area contributed by atoms with Crippen LogP contribution < -0.4 is 15.0 Å². The Hall–Kier alpha value is -3.46. The predicted octanol–water partition coefficient (Wildman–Crippen LogP) is 1.91. The molecule has 0 spiro atoms. The number of aromatic nitrogens is 5. The number of rotatable bonds is 5. The summed E-state index contributed by atoms with van der Waals surface area (Å²) in [6.45, 7) is 2.24. The third kappa shape index (κ3) is 3.09. The average molecular weight is 393 g/mol. The molecule has 0 saturated carbocycles. The first-order valence-electron chi connectivity index (χ1n) is 9.38. The number of fused-ring (bicyclic) bond motifs is 4. The van der Waals surface area contributed by atoms with Crippen molar-refractivity contribution >= 4 is 16.7 Å². The molecular weight excluding hydrogens is 374 g/mol. The smallest absolute Gasteiger partial charge is 0.261 e. The van der Waals surface area contributed by atoms with E-state index < -0.39 is 0 Å². The molecule has 4 heterocycles. The zero-order valence-corrected chi connectivity index (χ0v) is 15.9. The van der Waals surface area contributed by atoms with Crippen LogP contribution in [-0.2, 0) is 11.3 Å². The van der Waals surface area contributed by atoms with E-state index in [1.807, 2.05) is 24.3 Å². The van der Waals surface area contributed by atoms with Crippen molar-refractivity contribution in [3.63, 3.8) is 0 Å². The van der Waals surface area contributed by atoms with Crippen LogP contribution >= 0.6 is 0 Å². The largest absolute Gasteiger partial charge is 0.486 e. The highest BCUT2D eigenvalue weighted by Crippen LogP contribution is 2.33. The number of methoxy groups -OCH3 is 1. The summed E-state index contributed by atoms with van der Waals surface area (Å²) in [6, 6.07) is 7.45. The van der Waals surface area contributed by atoms with Crippen molar-refractivity contribution in [2.24, 2.45) is 0 Å². The van der Waals surface area contributed by atoms with E-state index >= 15 is 0 Å². The molecule has 4 aromatic rings. The monoisotopic (exact) mass is 393 g/mol. The van der Waals surface area contributed by atoms with Gasteiger partial charge in [0.1, 0.15) is 13.2 Å². The standard InChI is InChI=1S/C20H19N5O4/c1-27-8-2-6-24-7-5-15-14(19(24)26)12-21-20-22-18(23-25(15)20)13-3-4-16-17(11-13)29-10-9-28-16/h3-5,7,11-12H,2,6,8-10H2,1H3. The normalized spacial score (nSPS) is 13.3. The second kappa shape index (κ2) is 7.17. The summed E-state index contributed by atoms with van der Waals surface area (Å²) >= 11 is 0. The fraction of sp³-hybridized carbons (Fsp3) is 0.300. The van der Waals surface area contributed by atoms with Gasteiger partial charge in [-0.05, 0) is 30.7 Å². The zero-order chi connectivity index (χ0) is 19.8. The summed E-state index contributed by atoms with van der Waals surface area (Å²) in [5.41, 5.74) is 1.35. The molecule has 0 atom stereocenters. The van der Waals surface area contributed by atoms with Gasteiger partial charge in [-0.3, -0.25) is 4.79 Å². The van der Waals surface area contributed by atoms with Gasteiger partial charge in [-0.15, -0.1) is 5.10 Å². The molecule has 1 aliphatic rings. The Bertz CT molecular complexity index is 1260. The van der Waals surface area contributed by atoms with Gasteiger partial charge in [0.2, 0.25) is 0 Å². The molecule has 0 bridgehead atoms. The molecule has 0 aliphatic carbocycles. The number of aryl methyl sites for hydroxylation is 1. The minimum absolute atomic E-state index is 0.107. The Balaban J connectivity index is 1.57. The van der Waals surface area contributed by atoms with Crippen LogP contribution in [0.5, 0.6) is 11.5 Å². The van der Waals surface area contributed by atoms with Gasteiger partial charge in [0.05, 0.1) is 10.9 Å². The van der Waals surface area contributed by atoms with E-state index in [0.717, 1.165) is 12.0 Å². The van der Waals surface area contributed by atoms with E-state index in [2.05, 4.69) is 15.1 Å². The molecule has 3 aromatic heterocycles. The second-order valence-corrected chi connectivity index (χ2v) is 6.72.